The van der Waals surface area contributed by atoms with Crippen molar-refractivity contribution < 1.29 is 18.3 Å². The molecule has 0 aliphatic carbocycles. The number of carbonyl (C=O) groups excluding carboxylic acids is 1. The summed E-state index contributed by atoms with van der Waals surface area (Å²) in [4.78, 5) is 24.2. The number of morpholine rings is 1. The third kappa shape index (κ3) is 3.01. The third-order valence-electron chi connectivity index (χ3n) is 4.67. The maximum Gasteiger partial charge on any atom is 0.281 e. The Hall–Kier alpha value is -2.61. The molecule has 2 aliphatic heterocycles. The summed E-state index contributed by atoms with van der Waals surface area (Å²) in [7, 11) is 0. The lowest BCUT2D eigenvalue weighted by atomic mass is 10.2. The molecule has 2 aromatic rings. The summed E-state index contributed by atoms with van der Waals surface area (Å²) in [5.41, 5.74) is 1.39. The normalized spacial score (nSPS) is 16.9. The van der Waals surface area contributed by atoms with Gasteiger partial charge in [-0.1, -0.05) is 18.2 Å². The van der Waals surface area contributed by atoms with E-state index in [0.717, 1.165) is 17.7 Å². The van der Waals surface area contributed by atoms with E-state index in [0.29, 0.717) is 32.8 Å². The van der Waals surface area contributed by atoms with E-state index >= 15 is 0 Å². The highest BCUT2D eigenvalue weighted by Gasteiger charge is 2.29. The zero-order valence-corrected chi connectivity index (χ0v) is 14.1. The van der Waals surface area contributed by atoms with E-state index in [-0.39, 0.29) is 11.5 Å². The van der Waals surface area contributed by atoms with Gasteiger partial charge in [0.25, 0.3) is 12.3 Å². The predicted molar refractivity (Wildman–Crippen MR) is 90.9 cm³/mol. The van der Waals surface area contributed by atoms with Gasteiger partial charge in [-0.05, 0) is 18.1 Å². The van der Waals surface area contributed by atoms with Crippen LogP contribution in [0.25, 0.3) is 0 Å². The van der Waals surface area contributed by atoms with Crippen LogP contribution in [0.2, 0.25) is 0 Å². The fourth-order valence-electron chi connectivity index (χ4n) is 3.33. The summed E-state index contributed by atoms with van der Waals surface area (Å²) in [6.07, 6.45) is -0.824. The Morgan fingerprint density at radius 2 is 1.92 bits per heavy atom. The van der Waals surface area contributed by atoms with Crippen LogP contribution in [-0.4, -0.2) is 53.6 Å². The van der Waals surface area contributed by atoms with E-state index in [1.54, 1.807) is 0 Å². The van der Waals surface area contributed by atoms with Crippen molar-refractivity contribution >= 4 is 17.5 Å². The van der Waals surface area contributed by atoms with Crippen LogP contribution in [0.4, 0.5) is 20.4 Å². The van der Waals surface area contributed by atoms with Gasteiger partial charge < -0.3 is 14.5 Å². The number of fused-ring (bicyclic) bond motifs is 1. The van der Waals surface area contributed by atoms with Crippen LogP contribution in [0, 0.1) is 0 Å². The lowest BCUT2D eigenvalue weighted by Gasteiger charge is -2.27. The van der Waals surface area contributed by atoms with E-state index in [2.05, 4.69) is 9.97 Å². The molecule has 0 atom stereocenters. The first-order chi connectivity index (χ1) is 12.6. The van der Waals surface area contributed by atoms with Crippen LogP contribution >= 0.6 is 0 Å². The van der Waals surface area contributed by atoms with Gasteiger partial charge in [0.2, 0.25) is 5.95 Å². The largest absolute Gasteiger partial charge is 0.378 e. The van der Waals surface area contributed by atoms with E-state index < -0.39 is 18.0 Å². The molecule has 0 spiro atoms. The van der Waals surface area contributed by atoms with Crippen molar-refractivity contribution in [3.05, 3.63) is 47.3 Å². The monoisotopic (exact) mass is 360 g/mol. The molecule has 0 unspecified atom stereocenters. The number of nitrogens with zero attached hydrogens (tertiary/aromatic N) is 4. The average Bonchev–Trinajstić information content (AvgIpc) is 3.12. The van der Waals surface area contributed by atoms with E-state index in [4.69, 9.17) is 4.74 Å². The van der Waals surface area contributed by atoms with Gasteiger partial charge in [0.1, 0.15) is 5.69 Å². The highest BCUT2D eigenvalue weighted by molar-refractivity contribution is 5.95. The number of hydrogen-bond donors (Lipinski definition) is 0. The first-order valence-corrected chi connectivity index (χ1v) is 8.52. The lowest BCUT2D eigenvalue weighted by molar-refractivity contribution is 0.0297. The smallest absolute Gasteiger partial charge is 0.281 e. The SMILES string of the molecule is O=C(c1cnc(N2CCc3ccccc32)nc1C(F)F)N1CCOCC1. The molecule has 1 aromatic carbocycles. The number of amides is 1. The molecule has 136 valence electrons. The van der Waals surface area contributed by atoms with Gasteiger partial charge in [0.05, 0.1) is 18.8 Å². The Kier molecular flexibility index (Phi) is 4.50. The zero-order valence-electron chi connectivity index (χ0n) is 14.1. The number of benzene rings is 1. The van der Waals surface area contributed by atoms with Crippen molar-refractivity contribution in [2.75, 3.05) is 37.7 Å². The summed E-state index contributed by atoms with van der Waals surface area (Å²) >= 11 is 0. The Morgan fingerprint density at radius 1 is 1.15 bits per heavy atom. The highest BCUT2D eigenvalue weighted by atomic mass is 19.3. The molecular weight excluding hydrogens is 342 g/mol. The number of aromatic nitrogens is 2. The molecular formula is C18H18F2N4O2. The second-order valence-electron chi connectivity index (χ2n) is 6.20. The summed E-state index contributed by atoms with van der Waals surface area (Å²) in [6, 6.07) is 7.75. The first-order valence-electron chi connectivity index (χ1n) is 8.52. The van der Waals surface area contributed by atoms with Crippen LogP contribution in [0.15, 0.2) is 30.5 Å². The second kappa shape index (κ2) is 6.95. The quantitative estimate of drug-likeness (QED) is 0.842. The van der Waals surface area contributed by atoms with Crippen molar-refractivity contribution in [2.24, 2.45) is 0 Å². The minimum atomic E-state index is -2.85. The highest BCUT2D eigenvalue weighted by Crippen LogP contribution is 2.33. The topological polar surface area (TPSA) is 58.6 Å². The van der Waals surface area contributed by atoms with Crippen molar-refractivity contribution in [3.63, 3.8) is 0 Å². The van der Waals surface area contributed by atoms with Crippen molar-refractivity contribution in [1.29, 1.82) is 0 Å². The number of hydrogen-bond acceptors (Lipinski definition) is 5. The first kappa shape index (κ1) is 16.8. The Labute approximate surface area is 149 Å². The standard InChI is InChI=1S/C18H18F2N4O2/c19-16(20)15-13(17(25)23-7-9-26-10-8-23)11-21-18(22-15)24-6-5-12-3-1-2-4-14(12)24/h1-4,11,16H,5-10H2. The number of alkyl halides is 2. The number of anilines is 2. The molecule has 1 saturated heterocycles. The molecule has 1 aromatic heterocycles. The summed E-state index contributed by atoms with van der Waals surface area (Å²) in [6.45, 7) is 2.18. The van der Waals surface area contributed by atoms with Crippen LogP contribution in [0.1, 0.15) is 28.0 Å². The van der Waals surface area contributed by atoms with Gasteiger partial charge in [-0.2, -0.15) is 0 Å². The minimum Gasteiger partial charge on any atom is -0.378 e. The van der Waals surface area contributed by atoms with Crippen LogP contribution in [0.3, 0.4) is 0 Å². The Balaban J connectivity index is 1.67. The molecule has 0 radical (unpaired) electrons. The van der Waals surface area contributed by atoms with Gasteiger partial charge >= 0.3 is 0 Å². The van der Waals surface area contributed by atoms with Crippen molar-refractivity contribution in [1.82, 2.24) is 14.9 Å². The van der Waals surface area contributed by atoms with Gasteiger partial charge in [-0.15, -0.1) is 0 Å². The summed E-state index contributed by atoms with van der Waals surface area (Å²) in [5, 5.41) is 0. The molecule has 0 N–H and O–H groups in total. The Morgan fingerprint density at radius 3 is 2.69 bits per heavy atom. The van der Waals surface area contributed by atoms with Crippen molar-refractivity contribution in [2.45, 2.75) is 12.8 Å². The van der Waals surface area contributed by atoms with Gasteiger partial charge in [-0.3, -0.25) is 4.79 Å². The molecule has 0 saturated carbocycles. The number of halogens is 2. The molecule has 1 fully saturated rings. The zero-order chi connectivity index (χ0) is 18.1. The third-order valence-corrected chi connectivity index (χ3v) is 4.67. The fraction of sp³-hybridized carbons (Fsp3) is 0.389. The van der Waals surface area contributed by atoms with Gasteiger partial charge in [-0.25, -0.2) is 18.7 Å². The van der Waals surface area contributed by atoms with Crippen LogP contribution < -0.4 is 4.90 Å². The van der Waals surface area contributed by atoms with E-state index in [1.165, 1.54) is 11.1 Å². The number of ether oxygens (including phenoxy) is 1. The molecule has 0 bridgehead atoms. The number of para-hydroxylation sites is 1. The molecule has 1 amide bonds. The second-order valence-corrected chi connectivity index (χ2v) is 6.20. The van der Waals surface area contributed by atoms with Gasteiger partial charge in [0, 0.05) is 31.5 Å². The summed E-state index contributed by atoms with van der Waals surface area (Å²) < 4.78 is 32.4. The Bertz CT molecular complexity index is 825. The molecule has 6 nitrogen and oxygen atoms in total. The molecule has 3 heterocycles. The van der Waals surface area contributed by atoms with E-state index in [1.807, 2.05) is 29.2 Å². The van der Waals surface area contributed by atoms with Gasteiger partial charge in [0.15, 0.2) is 0 Å². The van der Waals surface area contributed by atoms with Crippen LogP contribution in [0.5, 0.6) is 0 Å². The fourth-order valence-corrected chi connectivity index (χ4v) is 3.33. The predicted octanol–water partition coefficient (Wildman–Crippen LogP) is 2.58. The maximum atomic E-state index is 13.6. The van der Waals surface area contributed by atoms with Crippen LogP contribution in [-0.2, 0) is 11.2 Å². The van der Waals surface area contributed by atoms with E-state index in [9.17, 15) is 13.6 Å². The van der Waals surface area contributed by atoms with Crippen molar-refractivity contribution in [3.8, 4) is 0 Å². The lowest BCUT2D eigenvalue weighted by Crippen LogP contribution is -2.41. The summed E-state index contributed by atoms with van der Waals surface area (Å²) in [5.74, 6) is -0.277. The number of rotatable bonds is 3. The molecule has 8 heteroatoms. The minimum absolute atomic E-state index is 0.141. The molecule has 4 rings (SSSR count). The molecule has 2 aliphatic rings. The average molecular weight is 360 g/mol. The number of carbonyl (C=O) groups is 1. The maximum absolute atomic E-state index is 13.6. The molecule has 26 heavy (non-hydrogen) atoms.